The molecular formula is C22H21ClN6O3. The normalized spacial score (nSPS) is 14.8. The lowest BCUT2D eigenvalue weighted by atomic mass is 9.88. The number of carbonyl (C=O) groups excluding carboxylic acids is 1. The lowest BCUT2D eigenvalue weighted by molar-refractivity contribution is -0.111. The van der Waals surface area contributed by atoms with Gasteiger partial charge in [0.05, 0.1) is 50.6 Å². The molecule has 1 amide bonds. The fraction of sp³-hybridized carbons (Fsp3) is 0.273. The van der Waals surface area contributed by atoms with Crippen molar-refractivity contribution in [2.75, 3.05) is 25.6 Å². The van der Waals surface area contributed by atoms with E-state index in [-0.39, 0.29) is 11.3 Å². The van der Waals surface area contributed by atoms with E-state index in [1.165, 1.54) is 6.20 Å². The second-order valence-electron chi connectivity index (χ2n) is 8.11. The van der Waals surface area contributed by atoms with E-state index >= 15 is 0 Å². The van der Waals surface area contributed by atoms with Crippen LogP contribution >= 0.6 is 11.6 Å². The Hall–Kier alpha value is -3.43. The van der Waals surface area contributed by atoms with E-state index in [0.29, 0.717) is 53.1 Å². The van der Waals surface area contributed by atoms with Crippen LogP contribution in [0.4, 0.5) is 5.69 Å². The summed E-state index contributed by atoms with van der Waals surface area (Å²) < 4.78 is 14.4. The van der Waals surface area contributed by atoms with Gasteiger partial charge in [-0.2, -0.15) is 10.2 Å². The maximum absolute atomic E-state index is 13.1. The topological polar surface area (TPSA) is 95.6 Å². The van der Waals surface area contributed by atoms with Gasteiger partial charge >= 0.3 is 0 Å². The number of benzene rings is 1. The first kappa shape index (κ1) is 20.5. The molecule has 0 saturated carbocycles. The van der Waals surface area contributed by atoms with E-state index in [9.17, 15) is 4.79 Å². The van der Waals surface area contributed by atoms with Crippen molar-refractivity contribution in [1.82, 2.24) is 24.4 Å². The molecule has 32 heavy (non-hydrogen) atoms. The van der Waals surface area contributed by atoms with Gasteiger partial charge in [0.2, 0.25) is 0 Å². The highest BCUT2D eigenvalue weighted by Gasteiger charge is 2.35. The van der Waals surface area contributed by atoms with Crippen LogP contribution in [0.3, 0.4) is 0 Å². The van der Waals surface area contributed by atoms with Crippen LogP contribution in [-0.2, 0) is 11.3 Å². The fourth-order valence-corrected chi connectivity index (χ4v) is 4.00. The minimum Gasteiger partial charge on any atom is -0.496 e. The van der Waals surface area contributed by atoms with Crippen LogP contribution in [0.2, 0.25) is 5.02 Å². The molecule has 1 aliphatic heterocycles. The van der Waals surface area contributed by atoms with E-state index in [0.717, 1.165) is 5.56 Å². The zero-order valence-corrected chi connectivity index (χ0v) is 18.3. The first-order valence-electron chi connectivity index (χ1n) is 10.0. The smallest absolute Gasteiger partial charge is 0.261 e. The quantitative estimate of drug-likeness (QED) is 0.480. The van der Waals surface area contributed by atoms with Crippen molar-refractivity contribution in [3.63, 3.8) is 0 Å². The number of halogens is 1. The lowest BCUT2D eigenvalue weighted by Gasteiger charge is -2.38. The van der Waals surface area contributed by atoms with Crippen LogP contribution in [0.15, 0.2) is 49.1 Å². The highest BCUT2D eigenvalue weighted by atomic mass is 35.5. The van der Waals surface area contributed by atoms with Crippen molar-refractivity contribution >= 4 is 28.8 Å². The number of anilines is 1. The fourth-order valence-electron chi connectivity index (χ4n) is 3.83. The molecule has 4 heterocycles. The molecule has 0 atom stereocenters. The Balaban J connectivity index is 1.57. The van der Waals surface area contributed by atoms with Crippen molar-refractivity contribution in [1.29, 1.82) is 0 Å². The average Bonchev–Trinajstić information content (AvgIpc) is 3.36. The Morgan fingerprint density at radius 3 is 2.91 bits per heavy atom. The Kier molecular flexibility index (Phi) is 5.07. The average molecular weight is 453 g/mol. The summed E-state index contributed by atoms with van der Waals surface area (Å²) in [7, 11) is 1.59. The summed E-state index contributed by atoms with van der Waals surface area (Å²) in [6.45, 7) is 4.05. The van der Waals surface area contributed by atoms with Gasteiger partial charge in [0.25, 0.3) is 5.91 Å². The van der Waals surface area contributed by atoms with E-state index in [2.05, 4.69) is 27.4 Å². The highest BCUT2D eigenvalue weighted by Crippen LogP contribution is 2.39. The molecule has 0 spiro atoms. The van der Waals surface area contributed by atoms with Gasteiger partial charge in [-0.1, -0.05) is 18.5 Å². The molecule has 1 aliphatic rings. The number of ether oxygens (including phenoxy) is 2. The van der Waals surface area contributed by atoms with Gasteiger partial charge in [0, 0.05) is 28.4 Å². The minimum atomic E-state index is -0.335. The van der Waals surface area contributed by atoms with E-state index < -0.39 is 0 Å². The number of nitrogens with zero attached hydrogens (tertiary/aromatic N) is 5. The van der Waals surface area contributed by atoms with Gasteiger partial charge in [0.15, 0.2) is 5.65 Å². The van der Waals surface area contributed by atoms with E-state index in [4.69, 9.17) is 21.1 Å². The van der Waals surface area contributed by atoms with Crippen LogP contribution in [0.1, 0.15) is 17.3 Å². The third kappa shape index (κ3) is 3.59. The van der Waals surface area contributed by atoms with Crippen molar-refractivity contribution in [2.45, 2.75) is 13.5 Å². The molecule has 164 valence electrons. The highest BCUT2D eigenvalue weighted by molar-refractivity contribution is 6.31. The van der Waals surface area contributed by atoms with Crippen molar-refractivity contribution < 1.29 is 14.3 Å². The SMILES string of the molecule is COc1ccc(Cl)cc1-c1c(NC(=O)c2cnn3cccnc23)cnn1CC1(C)COC1. The number of hydrogen-bond donors (Lipinski definition) is 1. The second kappa shape index (κ2) is 7.92. The van der Waals surface area contributed by atoms with Gasteiger partial charge in [-0.3, -0.25) is 9.48 Å². The molecule has 0 bridgehead atoms. The summed E-state index contributed by atoms with van der Waals surface area (Å²) in [6.07, 6.45) is 6.49. The summed E-state index contributed by atoms with van der Waals surface area (Å²) in [5, 5.41) is 12.3. The molecule has 10 heteroatoms. The monoisotopic (exact) mass is 452 g/mol. The molecular weight excluding hydrogens is 432 g/mol. The molecule has 0 unspecified atom stereocenters. The Bertz CT molecular complexity index is 1310. The van der Waals surface area contributed by atoms with Gasteiger partial charge in [0.1, 0.15) is 11.3 Å². The number of methoxy groups -OCH3 is 1. The zero-order valence-electron chi connectivity index (χ0n) is 17.6. The van der Waals surface area contributed by atoms with Gasteiger partial charge in [-0.15, -0.1) is 0 Å². The van der Waals surface area contributed by atoms with Crippen molar-refractivity contribution in [2.24, 2.45) is 5.41 Å². The summed E-state index contributed by atoms with van der Waals surface area (Å²) in [5.41, 5.74) is 2.76. The Labute approximate surface area is 188 Å². The van der Waals surface area contributed by atoms with Crippen LogP contribution in [-0.4, -0.2) is 50.6 Å². The molecule has 1 saturated heterocycles. The Morgan fingerprint density at radius 2 is 2.16 bits per heavy atom. The summed E-state index contributed by atoms with van der Waals surface area (Å²) >= 11 is 6.31. The summed E-state index contributed by atoms with van der Waals surface area (Å²) in [6, 6.07) is 7.11. The third-order valence-electron chi connectivity index (χ3n) is 5.46. The number of rotatable bonds is 6. The first-order valence-corrected chi connectivity index (χ1v) is 10.4. The molecule has 3 aromatic heterocycles. The number of aromatic nitrogens is 5. The number of nitrogens with one attached hydrogen (secondary N) is 1. The first-order chi connectivity index (χ1) is 15.5. The van der Waals surface area contributed by atoms with E-state index in [1.54, 1.807) is 54.5 Å². The molecule has 1 fully saturated rings. The van der Waals surface area contributed by atoms with Crippen LogP contribution < -0.4 is 10.1 Å². The maximum atomic E-state index is 13.1. The van der Waals surface area contributed by atoms with Crippen LogP contribution in [0.25, 0.3) is 16.9 Å². The second-order valence-corrected chi connectivity index (χ2v) is 8.55. The lowest BCUT2D eigenvalue weighted by Crippen LogP contribution is -2.43. The third-order valence-corrected chi connectivity index (χ3v) is 5.70. The standard InChI is InChI=1S/C22H21ClN6O3/c1-22(12-32-13-22)11-29-19(15-8-14(23)4-5-18(15)31-2)17(10-26-29)27-21(30)16-9-25-28-7-3-6-24-20(16)28/h3-10H,11-13H2,1-2H3,(H,27,30). The maximum Gasteiger partial charge on any atom is 0.261 e. The van der Waals surface area contributed by atoms with Gasteiger partial charge in [-0.05, 0) is 24.3 Å². The van der Waals surface area contributed by atoms with Crippen LogP contribution in [0, 0.1) is 5.41 Å². The van der Waals surface area contributed by atoms with Gasteiger partial charge in [-0.25, -0.2) is 9.50 Å². The summed E-state index contributed by atoms with van der Waals surface area (Å²) in [5.74, 6) is 0.290. The zero-order chi connectivity index (χ0) is 22.3. The minimum absolute atomic E-state index is 0.0414. The summed E-state index contributed by atoms with van der Waals surface area (Å²) in [4.78, 5) is 17.4. The molecule has 0 radical (unpaired) electrons. The van der Waals surface area contributed by atoms with Crippen molar-refractivity contribution in [3.8, 4) is 17.0 Å². The molecule has 1 N–H and O–H groups in total. The van der Waals surface area contributed by atoms with E-state index in [1.807, 2.05) is 4.68 Å². The predicted octanol–water partition coefficient (Wildman–Crippen LogP) is 3.54. The molecule has 1 aromatic carbocycles. The van der Waals surface area contributed by atoms with Crippen molar-refractivity contribution in [3.05, 3.63) is 59.6 Å². The molecule has 0 aliphatic carbocycles. The molecule has 5 rings (SSSR count). The van der Waals surface area contributed by atoms with Crippen LogP contribution in [0.5, 0.6) is 5.75 Å². The number of carbonyl (C=O) groups is 1. The number of fused-ring (bicyclic) bond motifs is 1. The largest absolute Gasteiger partial charge is 0.496 e. The Morgan fingerprint density at radius 1 is 1.31 bits per heavy atom. The number of amides is 1. The molecule has 4 aromatic rings. The number of hydrogen-bond acceptors (Lipinski definition) is 6. The molecule has 9 nitrogen and oxygen atoms in total. The predicted molar refractivity (Wildman–Crippen MR) is 119 cm³/mol. The van der Waals surface area contributed by atoms with Gasteiger partial charge < -0.3 is 14.8 Å².